The first-order chi connectivity index (χ1) is 12.0. The summed E-state index contributed by atoms with van der Waals surface area (Å²) < 4.78 is 5.35. The zero-order valence-electron chi connectivity index (χ0n) is 14.4. The number of hydrogen-bond acceptors (Lipinski definition) is 5. The van der Waals surface area contributed by atoms with Crippen LogP contribution in [0, 0.1) is 16.0 Å². The minimum atomic E-state index is -0.499. The van der Waals surface area contributed by atoms with Crippen molar-refractivity contribution < 1.29 is 19.2 Å². The number of rotatable bonds is 9. The summed E-state index contributed by atoms with van der Waals surface area (Å²) >= 11 is 0. The molecule has 0 aliphatic carbocycles. The van der Waals surface area contributed by atoms with Crippen molar-refractivity contribution >= 4 is 23.3 Å². The molecule has 0 spiro atoms. The lowest BCUT2D eigenvalue weighted by molar-refractivity contribution is -0.384. The monoisotopic (exact) mass is 348 g/mol. The molecule has 7 nitrogen and oxygen atoms in total. The minimum Gasteiger partial charge on any atom is -0.462 e. The van der Waals surface area contributed by atoms with Gasteiger partial charge in [-0.15, -0.1) is 0 Å². The van der Waals surface area contributed by atoms with Crippen LogP contribution in [-0.2, 0) is 14.3 Å². The largest absolute Gasteiger partial charge is 0.462 e. The number of nitro groups is 1. The van der Waals surface area contributed by atoms with Gasteiger partial charge in [0.15, 0.2) is 0 Å². The highest BCUT2D eigenvalue weighted by atomic mass is 16.6. The third-order valence-electron chi connectivity index (χ3n) is 4.34. The Morgan fingerprint density at radius 3 is 2.64 bits per heavy atom. The van der Waals surface area contributed by atoms with Crippen molar-refractivity contribution in [1.29, 1.82) is 0 Å². The Bertz CT molecular complexity index is 614. The van der Waals surface area contributed by atoms with Gasteiger partial charge in [-0.05, 0) is 31.4 Å². The number of ether oxygens (including phenoxy) is 1. The molecule has 0 saturated carbocycles. The molecule has 25 heavy (non-hydrogen) atoms. The van der Waals surface area contributed by atoms with E-state index in [0.717, 1.165) is 25.7 Å². The molecule has 0 aromatic heterocycles. The number of carbonyl (C=O) groups excluding carboxylic acids is 2. The number of nitro benzene ring substituents is 1. The van der Waals surface area contributed by atoms with E-state index < -0.39 is 10.8 Å². The Labute approximate surface area is 146 Å². The fourth-order valence-corrected chi connectivity index (χ4v) is 2.97. The molecule has 136 valence electrons. The number of anilines is 1. The molecule has 1 aromatic rings. The highest BCUT2D eigenvalue weighted by molar-refractivity contribution is 5.93. The van der Waals surface area contributed by atoms with E-state index in [4.69, 9.17) is 4.74 Å². The van der Waals surface area contributed by atoms with E-state index in [1.165, 1.54) is 30.7 Å². The maximum absolute atomic E-state index is 12.1. The average Bonchev–Trinajstić information content (AvgIpc) is 2.91. The van der Waals surface area contributed by atoms with Gasteiger partial charge in [-0.2, -0.15) is 0 Å². The second-order valence-corrected chi connectivity index (χ2v) is 6.40. The van der Waals surface area contributed by atoms with E-state index in [9.17, 15) is 19.7 Å². The fraction of sp³-hybridized carbons (Fsp3) is 0.556. The Kier molecular flexibility index (Phi) is 6.91. The van der Waals surface area contributed by atoms with Crippen molar-refractivity contribution in [1.82, 2.24) is 0 Å². The van der Waals surface area contributed by atoms with Crippen LogP contribution >= 0.6 is 0 Å². The topological polar surface area (TPSA) is 98.5 Å². The summed E-state index contributed by atoms with van der Waals surface area (Å²) in [6.07, 6.45) is 5.94. The number of amides is 1. The number of nitrogens with zero attached hydrogens (tertiary/aromatic N) is 1. The first-order valence-corrected chi connectivity index (χ1v) is 8.74. The fourth-order valence-electron chi connectivity index (χ4n) is 2.97. The zero-order chi connectivity index (χ0) is 18.2. The van der Waals surface area contributed by atoms with Crippen LogP contribution in [0.5, 0.6) is 0 Å². The van der Waals surface area contributed by atoms with Crippen molar-refractivity contribution in [3.8, 4) is 0 Å². The molecule has 2 rings (SSSR count). The second kappa shape index (κ2) is 9.15. The normalized spacial score (nSPS) is 19.5. The molecule has 1 heterocycles. The molecule has 1 N–H and O–H groups in total. The van der Waals surface area contributed by atoms with E-state index in [1.807, 2.05) is 0 Å². The van der Waals surface area contributed by atoms with E-state index in [-0.39, 0.29) is 30.1 Å². The number of esters is 1. The summed E-state index contributed by atoms with van der Waals surface area (Å²) in [6, 6.07) is 5.59. The van der Waals surface area contributed by atoms with Crippen LogP contribution in [0.3, 0.4) is 0 Å². The number of non-ortho nitro benzene ring substituents is 1. The average molecular weight is 348 g/mol. The molecular weight excluding hydrogens is 324 g/mol. The lowest BCUT2D eigenvalue weighted by atomic mass is 9.98. The number of hydrogen-bond donors (Lipinski definition) is 1. The van der Waals surface area contributed by atoms with Gasteiger partial charge in [-0.1, -0.05) is 26.2 Å². The highest BCUT2D eigenvalue weighted by Gasteiger charge is 2.35. The molecule has 1 aromatic carbocycles. The SMILES string of the molecule is CCCCCC[C@H]1C[C@@H](CC(=O)Nc2ccc([N+](=O)[O-])cc2)C(=O)O1. The quantitative estimate of drug-likeness (QED) is 0.316. The summed E-state index contributed by atoms with van der Waals surface area (Å²) in [6.45, 7) is 2.15. The minimum absolute atomic E-state index is 0.0386. The van der Waals surface area contributed by atoms with Crippen molar-refractivity contribution in [2.24, 2.45) is 5.92 Å². The summed E-state index contributed by atoms with van der Waals surface area (Å²) in [4.78, 5) is 34.1. The Morgan fingerprint density at radius 1 is 1.28 bits per heavy atom. The van der Waals surface area contributed by atoms with Crippen molar-refractivity contribution in [2.45, 2.75) is 58.0 Å². The number of benzene rings is 1. The molecule has 0 radical (unpaired) electrons. The van der Waals surface area contributed by atoms with Gasteiger partial charge in [-0.3, -0.25) is 19.7 Å². The Hall–Kier alpha value is -2.44. The van der Waals surface area contributed by atoms with Crippen molar-refractivity contribution in [2.75, 3.05) is 5.32 Å². The Balaban J connectivity index is 1.78. The number of cyclic esters (lactones) is 1. The molecule has 2 atom stereocenters. The lowest BCUT2D eigenvalue weighted by Crippen LogP contribution is -2.19. The van der Waals surface area contributed by atoms with Gasteiger partial charge >= 0.3 is 5.97 Å². The van der Waals surface area contributed by atoms with E-state index in [0.29, 0.717) is 12.1 Å². The maximum atomic E-state index is 12.1. The van der Waals surface area contributed by atoms with Gasteiger partial charge in [0.25, 0.3) is 5.69 Å². The van der Waals surface area contributed by atoms with Crippen LogP contribution in [0.1, 0.15) is 51.9 Å². The third-order valence-corrected chi connectivity index (χ3v) is 4.34. The van der Waals surface area contributed by atoms with Gasteiger partial charge in [-0.25, -0.2) is 0 Å². The zero-order valence-corrected chi connectivity index (χ0v) is 14.4. The number of unbranched alkanes of at least 4 members (excludes halogenated alkanes) is 3. The standard InChI is InChI=1S/C18H24N2O5/c1-2-3-4-5-6-16-11-13(18(22)25-16)12-17(21)19-14-7-9-15(10-8-14)20(23)24/h7-10,13,16H,2-6,11-12H2,1H3,(H,19,21)/t13-,16-/m0/s1. The van der Waals surface area contributed by atoms with Crippen LogP contribution in [0.15, 0.2) is 24.3 Å². The van der Waals surface area contributed by atoms with E-state index in [1.54, 1.807) is 0 Å². The smallest absolute Gasteiger partial charge is 0.309 e. The molecule has 1 aliphatic heterocycles. The third kappa shape index (κ3) is 5.85. The predicted octanol–water partition coefficient (Wildman–Crippen LogP) is 3.83. The van der Waals surface area contributed by atoms with Gasteiger partial charge < -0.3 is 10.1 Å². The summed E-state index contributed by atoms with van der Waals surface area (Å²) in [5.74, 6) is -1.00. The molecule has 0 bridgehead atoms. The van der Waals surface area contributed by atoms with Crippen LogP contribution in [0.4, 0.5) is 11.4 Å². The van der Waals surface area contributed by atoms with Crippen molar-refractivity contribution in [3.63, 3.8) is 0 Å². The predicted molar refractivity (Wildman–Crippen MR) is 93.1 cm³/mol. The van der Waals surface area contributed by atoms with Gasteiger partial charge in [0.1, 0.15) is 6.10 Å². The maximum Gasteiger partial charge on any atom is 0.309 e. The van der Waals surface area contributed by atoms with Gasteiger partial charge in [0.05, 0.1) is 10.8 Å². The van der Waals surface area contributed by atoms with Gasteiger partial charge in [0, 0.05) is 24.2 Å². The Morgan fingerprint density at radius 2 is 2.00 bits per heavy atom. The van der Waals surface area contributed by atoms with E-state index in [2.05, 4.69) is 12.2 Å². The summed E-state index contributed by atoms with van der Waals surface area (Å²) in [5, 5.41) is 13.3. The number of nitrogens with one attached hydrogen (secondary N) is 1. The first kappa shape index (κ1) is 18.9. The van der Waals surface area contributed by atoms with Gasteiger partial charge in [0.2, 0.25) is 5.91 Å². The van der Waals surface area contributed by atoms with Crippen LogP contribution in [0.25, 0.3) is 0 Å². The van der Waals surface area contributed by atoms with Crippen molar-refractivity contribution in [3.05, 3.63) is 34.4 Å². The summed E-state index contributed by atoms with van der Waals surface area (Å²) in [5.41, 5.74) is 0.432. The van der Waals surface area contributed by atoms with Crippen LogP contribution in [0.2, 0.25) is 0 Å². The van der Waals surface area contributed by atoms with Crippen LogP contribution < -0.4 is 5.32 Å². The molecule has 7 heteroatoms. The molecule has 1 saturated heterocycles. The second-order valence-electron chi connectivity index (χ2n) is 6.40. The summed E-state index contributed by atoms with van der Waals surface area (Å²) in [7, 11) is 0. The number of carbonyl (C=O) groups is 2. The molecule has 1 amide bonds. The van der Waals surface area contributed by atoms with E-state index >= 15 is 0 Å². The first-order valence-electron chi connectivity index (χ1n) is 8.74. The molecular formula is C18H24N2O5. The molecule has 1 aliphatic rings. The lowest BCUT2D eigenvalue weighted by Gasteiger charge is -2.08. The molecule has 0 unspecified atom stereocenters. The van der Waals surface area contributed by atoms with Crippen LogP contribution in [-0.4, -0.2) is 22.9 Å². The highest BCUT2D eigenvalue weighted by Crippen LogP contribution is 2.28. The molecule has 1 fully saturated rings.